The maximum atomic E-state index is 12.8. The monoisotopic (exact) mass is 362 g/mol. The van der Waals surface area contributed by atoms with Crippen molar-refractivity contribution in [2.45, 2.75) is 50.5 Å². The summed E-state index contributed by atoms with van der Waals surface area (Å²) in [6.07, 6.45) is 6.04. The third-order valence-corrected chi connectivity index (χ3v) is 4.78. The number of alkyl halides is 1. The maximum absolute atomic E-state index is 12.8. The highest BCUT2D eigenvalue weighted by Crippen LogP contribution is 2.40. The highest BCUT2D eigenvalue weighted by molar-refractivity contribution is 9.09. The van der Waals surface area contributed by atoms with E-state index in [1.165, 1.54) is 6.42 Å². The standard InChI is InChI=1S/C19H23BrO2/c20-15-9-3-8-14-18(21)19(22,16-10-4-1-5-11-16)17-12-6-2-7-13-17/h1,4-5,10-11,17,22H,2,6-8,12-15H2. The van der Waals surface area contributed by atoms with Gasteiger partial charge in [0.2, 0.25) is 0 Å². The van der Waals surface area contributed by atoms with Gasteiger partial charge in [0.1, 0.15) is 0 Å². The molecular weight excluding hydrogens is 340 g/mol. The molecule has 1 aliphatic carbocycles. The first-order valence-electron chi connectivity index (χ1n) is 8.02. The molecular formula is C19H23BrO2. The molecule has 1 saturated carbocycles. The molecule has 2 nitrogen and oxygen atoms in total. The van der Waals surface area contributed by atoms with Crippen molar-refractivity contribution < 1.29 is 9.90 Å². The summed E-state index contributed by atoms with van der Waals surface area (Å²) >= 11 is 3.25. The molecule has 0 aromatic heterocycles. The second-order valence-electron chi connectivity index (χ2n) is 5.88. The van der Waals surface area contributed by atoms with Gasteiger partial charge < -0.3 is 5.11 Å². The van der Waals surface area contributed by atoms with Crippen LogP contribution in [0.4, 0.5) is 0 Å². The number of rotatable bonds is 5. The Morgan fingerprint density at radius 3 is 2.50 bits per heavy atom. The third kappa shape index (κ3) is 4.00. The molecule has 1 N–H and O–H groups in total. The maximum Gasteiger partial charge on any atom is 0.170 e. The molecule has 0 saturated heterocycles. The first-order chi connectivity index (χ1) is 10.7. The molecule has 1 fully saturated rings. The molecule has 0 bridgehead atoms. The topological polar surface area (TPSA) is 37.3 Å². The van der Waals surface area contributed by atoms with Crippen LogP contribution >= 0.6 is 15.9 Å². The van der Waals surface area contributed by atoms with Crippen molar-refractivity contribution in [3.05, 3.63) is 35.9 Å². The summed E-state index contributed by atoms with van der Waals surface area (Å²) in [6.45, 7) is 0. The zero-order valence-electron chi connectivity index (χ0n) is 12.9. The van der Waals surface area contributed by atoms with E-state index < -0.39 is 5.60 Å². The van der Waals surface area contributed by atoms with Crippen molar-refractivity contribution in [2.24, 2.45) is 5.92 Å². The molecule has 118 valence electrons. The fourth-order valence-corrected chi connectivity index (χ4v) is 3.54. The van der Waals surface area contributed by atoms with E-state index in [0.717, 1.165) is 31.2 Å². The Labute approximate surface area is 141 Å². The van der Waals surface area contributed by atoms with Crippen LogP contribution in [0.3, 0.4) is 0 Å². The zero-order chi connectivity index (χ0) is 15.8. The highest BCUT2D eigenvalue weighted by atomic mass is 79.9. The minimum atomic E-state index is -1.35. The van der Waals surface area contributed by atoms with E-state index in [9.17, 15) is 9.90 Å². The van der Waals surface area contributed by atoms with Crippen LogP contribution in [0.5, 0.6) is 0 Å². The number of hydrogen-bond acceptors (Lipinski definition) is 2. The number of Topliss-reactive ketones (excluding diaryl/α,β-unsaturated/α-hetero) is 1. The van der Waals surface area contributed by atoms with Crippen LogP contribution in [0.15, 0.2) is 30.3 Å². The lowest BCUT2D eigenvalue weighted by Crippen LogP contribution is -2.44. The van der Waals surface area contributed by atoms with Crippen molar-refractivity contribution in [1.82, 2.24) is 0 Å². The molecule has 1 aliphatic rings. The highest BCUT2D eigenvalue weighted by Gasteiger charge is 2.44. The van der Waals surface area contributed by atoms with E-state index in [1.54, 1.807) is 0 Å². The van der Waals surface area contributed by atoms with Gasteiger partial charge in [-0.2, -0.15) is 0 Å². The van der Waals surface area contributed by atoms with E-state index in [0.29, 0.717) is 18.2 Å². The van der Waals surface area contributed by atoms with E-state index in [-0.39, 0.29) is 11.7 Å². The van der Waals surface area contributed by atoms with Crippen molar-refractivity contribution >= 4 is 21.7 Å². The van der Waals surface area contributed by atoms with E-state index in [1.807, 2.05) is 30.3 Å². The predicted octanol–water partition coefficient (Wildman–Crippen LogP) is 4.20. The molecule has 3 heteroatoms. The minimum Gasteiger partial charge on any atom is -0.377 e. The third-order valence-electron chi connectivity index (χ3n) is 4.50. The van der Waals surface area contributed by atoms with Gasteiger partial charge in [0.05, 0.1) is 5.33 Å². The van der Waals surface area contributed by atoms with E-state index in [4.69, 9.17) is 0 Å². The molecule has 1 atom stereocenters. The summed E-state index contributed by atoms with van der Waals surface area (Å²) in [5, 5.41) is 11.9. The molecule has 22 heavy (non-hydrogen) atoms. The van der Waals surface area contributed by atoms with E-state index >= 15 is 0 Å². The molecule has 0 amide bonds. The average molecular weight is 363 g/mol. The van der Waals surface area contributed by atoms with Crippen LogP contribution in [0, 0.1) is 17.8 Å². The number of benzene rings is 1. The molecule has 0 heterocycles. The van der Waals surface area contributed by atoms with Crippen LogP contribution in [-0.4, -0.2) is 16.2 Å². The van der Waals surface area contributed by atoms with Crippen LogP contribution in [-0.2, 0) is 10.4 Å². The molecule has 0 radical (unpaired) electrons. The van der Waals surface area contributed by atoms with E-state index in [2.05, 4.69) is 27.8 Å². The molecule has 0 spiro atoms. The Bertz CT molecular complexity index is 538. The SMILES string of the molecule is O=C(CCC#CCBr)C(O)(c1ccccc1)C1CCCCC1. The van der Waals surface area contributed by atoms with Gasteiger partial charge in [-0.25, -0.2) is 0 Å². The molecule has 2 rings (SSSR count). The van der Waals surface area contributed by atoms with Crippen LogP contribution in [0.1, 0.15) is 50.5 Å². The van der Waals surface area contributed by atoms with Gasteiger partial charge in [-0.15, -0.1) is 5.92 Å². The van der Waals surface area contributed by atoms with Crippen molar-refractivity contribution in [3.63, 3.8) is 0 Å². The fourth-order valence-electron chi connectivity index (χ4n) is 3.34. The first kappa shape index (κ1) is 17.2. The average Bonchev–Trinajstić information content (AvgIpc) is 2.59. The Morgan fingerprint density at radius 1 is 1.18 bits per heavy atom. The van der Waals surface area contributed by atoms with Gasteiger partial charge in [0, 0.05) is 12.8 Å². The van der Waals surface area contributed by atoms with Crippen LogP contribution < -0.4 is 0 Å². The Kier molecular flexibility index (Phi) is 6.67. The number of hydrogen-bond donors (Lipinski definition) is 1. The molecule has 1 unspecified atom stereocenters. The van der Waals surface area contributed by atoms with Crippen molar-refractivity contribution in [3.8, 4) is 11.8 Å². The lowest BCUT2D eigenvalue weighted by Gasteiger charge is -2.37. The second kappa shape index (κ2) is 8.50. The molecule has 1 aromatic carbocycles. The van der Waals surface area contributed by atoms with Gasteiger partial charge in [-0.1, -0.05) is 71.4 Å². The summed E-state index contributed by atoms with van der Waals surface area (Å²) in [7, 11) is 0. The zero-order valence-corrected chi connectivity index (χ0v) is 14.4. The number of aliphatic hydroxyl groups is 1. The Balaban J connectivity index is 2.22. The van der Waals surface area contributed by atoms with Gasteiger partial charge >= 0.3 is 0 Å². The first-order valence-corrected chi connectivity index (χ1v) is 9.14. The number of halogens is 1. The predicted molar refractivity (Wildman–Crippen MR) is 92.7 cm³/mol. The molecule has 1 aromatic rings. The van der Waals surface area contributed by atoms with Gasteiger partial charge in [-0.3, -0.25) is 4.79 Å². The summed E-state index contributed by atoms with van der Waals surface area (Å²) in [6, 6.07) is 9.44. The number of carbonyl (C=O) groups is 1. The summed E-state index contributed by atoms with van der Waals surface area (Å²) in [5.41, 5.74) is -0.613. The largest absolute Gasteiger partial charge is 0.377 e. The van der Waals surface area contributed by atoms with Gasteiger partial charge in [0.25, 0.3) is 0 Å². The lowest BCUT2D eigenvalue weighted by atomic mass is 9.70. The van der Waals surface area contributed by atoms with Gasteiger partial charge in [-0.05, 0) is 24.3 Å². The van der Waals surface area contributed by atoms with Crippen LogP contribution in [0.2, 0.25) is 0 Å². The van der Waals surface area contributed by atoms with Gasteiger partial charge in [0.15, 0.2) is 11.4 Å². The smallest absolute Gasteiger partial charge is 0.170 e. The second-order valence-corrected chi connectivity index (χ2v) is 6.44. The van der Waals surface area contributed by atoms with Crippen LogP contribution in [0.25, 0.3) is 0 Å². The molecule has 0 aliphatic heterocycles. The Hall–Kier alpha value is -1.11. The Morgan fingerprint density at radius 2 is 1.86 bits per heavy atom. The normalized spacial score (nSPS) is 18.1. The summed E-state index contributed by atoms with van der Waals surface area (Å²) in [4.78, 5) is 12.8. The lowest BCUT2D eigenvalue weighted by molar-refractivity contribution is -0.146. The van der Waals surface area contributed by atoms with Crippen molar-refractivity contribution in [1.29, 1.82) is 0 Å². The summed E-state index contributed by atoms with van der Waals surface area (Å²) < 4.78 is 0. The fraction of sp³-hybridized carbons (Fsp3) is 0.526. The minimum absolute atomic E-state index is 0.0280. The number of ketones is 1. The quantitative estimate of drug-likeness (QED) is 0.629. The number of carbonyl (C=O) groups excluding carboxylic acids is 1. The summed E-state index contributed by atoms with van der Waals surface area (Å²) in [5.74, 6) is 5.81. The van der Waals surface area contributed by atoms with Crippen molar-refractivity contribution in [2.75, 3.05) is 5.33 Å².